The minimum absolute atomic E-state index is 0.0727. The number of H-pyrrole nitrogens is 2. The molecule has 42 heavy (non-hydrogen) atoms. The van der Waals surface area contributed by atoms with Crippen LogP contribution in [0.2, 0.25) is 0 Å². The lowest BCUT2D eigenvalue weighted by Gasteiger charge is -2.24. The van der Waals surface area contributed by atoms with E-state index in [0.29, 0.717) is 11.3 Å². The van der Waals surface area contributed by atoms with Gasteiger partial charge in [0.05, 0.1) is 18.8 Å². The summed E-state index contributed by atoms with van der Waals surface area (Å²) in [5, 5.41) is 27.0. The molecule has 2 heterocycles. The Morgan fingerprint density at radius 2 is 1.55 bits per heavy atom. The van der Waals surface area contributed by atoms with Crippen molar-refractivity contribution in [2.24, 2.45) is 11.5 Å². The number of amides is 4. The van der Waals surface area contributed by atoms with E-state index < -0.39 is 66.2 Å². The largest absolute Gasteiger partial charge is 0.481 e. The predicted octanol–water partition coefficient (Wildman–Crippen LogP) is -1.72. The van der Waals surface area contributed by atoms with Gasteiger partial charge >= 0.3 is 11.9 Å². The van der Waals surface area contributed by atoms with Crippen molar-refractivity contribution in [3.63, 3.8) is 0 Å². The normalized spacial score (nSPS) is 13.8. The molecule has 16 heteroatoms. The van der Waals surface area contributed by atoms with E-state index in [0.717, 1.165) is 10.9 Å². The van der Waals surface area contributed by atoms with E-state index in [1.54, 1.807) is 18.3 Å². The highest BCUT2D eigenvalue weighted by Crippen LogP contribution is 2.19. The molecule has 4 amide bonds. The van der Waals surface area contributed by atoms with Crippen molar-refractivity contribution in [1.82, 2.24) is 30.9 Å². The quantitative estimate of drug-likeness (QED) is 0.0918. The average Bonchev–Trinajstić information content (AvgIpc) is 3.60. The van der Waals surface area contributed by atoms with Crippen LogP contribution < -0.4 is 27.4 Å². The van der Waals surface area contributed by atoms with Crippen LogP contribution in [-0.4, -0.2) is 84.9 Å². The Morgan fingerprint density at radius 3 is 2.19 bits per heavy atom. The second kappa shape index (κ2) is 14.4. The van der Waals surface area contributed by atoms with Gasteiger partial charge in [0.15, 0.2) is 0 Å². The fourth-order valence-corrected chi connectivity index (χ4v) is 4.18. The highest BCUT2D eigenvalue weighted by atomic mass is 16.4. The SMILES string of the molecule is NC(=O)CCC(N)C(=O)NC(CC(=O)O)C(=O)NC(Cc1cnc[nH]1)C(=O)NC(Cc1c[nH]c2ccccc12)C(=O)O. The summed E-state index contributed by atoms with van der Waals surface area (Å²) in [7, 11) is 0. The molecule has 11 N–H and O–H groups in total. The Bertz CT molecular complexity index is 1440. The Hall–Kier alpha value is -5.25. The summed E-state index contributed by atoms with van der Waals surface area (Å²) in [6.07, 6.45) is 2.94. The summed E-state index contributed by atoms with van der Waals surface area (Å²) in [4.78, 5) is 83.2. The molecular formula is C26H32N8O8. The van der Waals surface area contributed by atoms with Crippen LogP contribution in [0.5, 0.6) is 0 Å². The fourth-order valence-electron chi connectivity index (χ4n) is 4.18. The van der Waals surface area contributed by atoms with Crippen molar-refractivity contribution in [3.8, 4) is 0 Å². The van der Waals surface area contributed by atoms with Gasteiger partial charge in [0.2, 0.25) is 23.6 Å². The molecule has 0 aliphatic rings. The maximum atomic E-state index is 13.3. The van der Waals surface area contributed by atoms with Crippen LogP contribution in [0.1, 0.15) is 30.5 Å². The van der Waals surface area contributed by atoms with E-state index in [2.05, 4.69) is 30.9 Å². The first kappa shape index (κ1) is 31.3. The minimum atomic E-state index is -1.65. The number of nitrogens with two attached hydrogens (primary N) is 2. The van der Waals surface area contributed by atoms with E-state index in [9.17, 15) is 39.0 Å². The zero-order chi connectivity index (χ0) is 30.8. The van der Waals surface area contributed by atoms with Gasteiger partial charge < -0.3 is 47.6 Å². The summed E-state index contributed by atoms with van der Waals surface area (Å²) in [5.74, 6) is -6.26. The van der Waals surface area contributed by atoms with Crippen LogP contribution in [-0.2, 0) is 41.6 Å². The van der Waals surface area contributed by atoms with Crippen molar-refractivity contribution >= 4 is 46.5 Å². The number of hydrogen-bond acceptors (Lipinski definition) is 8. The van der Waals surface area contributed by atoms with Gasteiger partial charge in [0.25, 0.3) is 0 Å². The molecule has 0 spiro atoms. The number of nitrogens with zero attached hydrogens (tertiary/aromatic N) is 1. The lowest BCUT2D eigenvalue weighted by atomic mass is 10.0. The van der Waals surface area contributed by atoms with Gasteiger partial charge in [-0.15, -0.1) is 0 Å². The number of aromatic amines is 2. The smallest absolute Gasteiger partial charge is 0.326 e. The Kier molecular flexibility index (Phi) is 10.7. The monoisotopic (exact) mass is 584 g/mol. The lowest BCUT2D eigenvalue weighted by Crippen LogP contribution is -2.58. The summed E-state index contributed by atoms with van der Waals surface area (Å²) in [5.41, 5.74) is 12.6. The topological polar surface area (TPSA) is 275 Å². The number of para-hydroxylation sites is 1. The van der Waals surface area contributed by atoms with Crippen LogP contribution in [0.4, 0.5) is 0 Å². The number of imidazole rings is 1. The van der Waals surface area contributed by atoms with Crippen LogP contribution in [0.15, 0.2) is 43.0 Å². The first-order chi connectivity index (χ1) is 19.9. The third-order valence-corrected chi connectivity index (χ3v) is 6.38. The van der Waals surface area contributed by atoms with Gasteiger partial charge in [-0.3, -0.25) is 24.0 Å². The van der Waals surface area contributed by atoms with E-state index in [1.807, 2.05) is 12.1 Å². The molecule has 16 nitrogen and oxygen atoms in total. The van der Waals surface area contributed by atoms with E-state index >= 15 is 0 Å². The molecule has 3 aromatic rings. The van der Waals surface area contributed by atoms with Crippen molar-refractivity contribution < 1.29 is 39.0 Å². The minimum Gasteiger partial charge on any atom is -0.481 e. The molecule has 0 saturated carbocycles. The Labute approximate surface area is 238 Å². The number of aromatic nitrogens is 3. The van der Waals surface area contributed by atoms with E-state index in [-0.39, 0.29) is 25.7 Å². The van der Waals surface area contributed by atoms with Gasteiger partial charge in [-0.05, 0) is 18.1 Å². The number of fused-ring (bicyclic) bond motifs is 1. The molecule has 1 aromatic carbocycles. The summed E-state index contributed by atoms with van der Waals surface area (Å²) in [6, 6.07) is 1.56. The van der Waals surface area contributed by atoms with Gasteiger partial charge in [-0.2, -0.15) is 0 Å². The molecule has 4 unspecified atom stereocenters. The number of carboxylic acid groups (broad SMARTS) is 2. The van der Waals surface area contributed by atoms with Crippen molar-refractivity contribution in [2.45, 2.75) is 56.3 Å². The number of aliphatic carboxylic acids is 2. The summed E-state index contributed by atoms with van der Waals surface area (Å²) >= 11 is 0. The van der Waals surface area contributed by atoms with Gasteiger partial charge in [0.1, 0.15) is 18.1 Å². The number of carbonyl (C=O) groups is 6. The standard InChI is InChI=1S/C26H32N8O8/c27-16(5-6-21(28)35)23(38)32-19(9-22(36)37)25(40)33-18(8-14-11-29-12-31-14)24(39)34-20(26(41)42)7-13-10-30-17-4-2-1-3-15(13)17/h1-4,10-12,16,18-20,30H,5-9,27H2,(H2,28,35)(H,29,31)(H,32,38)(H,33,40)(H,34,39)(H,36,37)(H,41,42). The van der Waals surface area contributed by atoms with Crippen molar-refractivity contribution in [1.29, 1.82) is 0 Å². The molecule has 0 saturated heterocycles. The first-order valence-electron chi connectivity index (χ1n) is 12.9. The number of hydrogen-bond donors (Lipinski definition) is 9. The van der Waals surface area contributed by atoms with Gasteiger partial charge in [-0.25, -0.2) is 9.78 Å². The molecule has 0 radical (unpaired) electrons. The van der Waals surface area contributed by atoms with Crippen molar-refractivity contribution in [3.05, 3.63) is 54.2 Å². The summed E-state index contributed by atoms with van der Waals surface area (Å²) < 4.78 is 0. The first-order valence-corrected chi connectivity index (χ1v) is 12.9. The Morgan fingerprint density at radius 1 is 0.881 bits per heavy atom. The second-order valence-corrected chi connectivity index (χ2v) is 9.58. The fraction of sp³-hybridized carbons (Fsp3) is 0.346. The van der Waals surface area contributed by atoms with E-state index in [4.69, 9.17) is 11.5 Å². The molecular weight excluding hydrogens is 552 g/mol. The molecule has 0 fully saturated rings. The van der Waals surface area contributed by atoms with Gasteiger partial charge in [-0.1, -0.05) is 18.2 Å². The molecule has 2 aromatic heterocycles. The zero-order valence-electron chi connectivity index (χ0n) is 22.3. The summed E-state index contributed by atoms with van der Waals surface area (Å²) in [6.45, 7) is 0. The molecule has 224 valence electrons. The maximum Gasteiger partial charge on any atom is 0.326 e. The lowest BCUT2D eigenvalue weighted by molar-refractivity contribution is -0.143. The third kappa shape index (κ3) is 8.88. The zero-order valence-corrected chi connectivity index (χ0v) is 22.3. The Balaban J connectivity index is 1.77. The van der Waals surface area contributed by atoms with Crippen LogP contribution >= 0.6 is 0 Å². The number of rotatable bonds is 16. The van der Waals surface area contributed by atoms with Crippen LogP contribution in [0, 0.1) is 0 Å². The highest BCUT2D eigenvalue weighted by Gasteiger charge is 2.32. The van der Waals surface area contributed by atoms with Crippen LogP contribution in [0.3, 0.4) is 0 Å². The second-order valence-electron chi connectivity index (χ2n) is 9.58. The number of carbonyl (C=O) groups excluding carboxylic acids is 4. The number of primary amides is 1. The maximum absolute atomic E-state index is 13.3. The molecule has 0 aliphatic carbocycles. The number of carboxylic acids is 2. The van der Waals surface area contributed by atoms with E-state index in [1.165, 1.54) is 12.5 Å². The molecule has 4 atom stereocenters. The number of nitrogens with one attached hydrogen (secondary N) is 5. The highest BCUT2D eigenvalue weighted by molar-refractivity contribution is 5.96. The van der Waals surface area contributed by atoms with Gasteiger partial charge in [0, 0.05) is 48.3 Å². The average molecular weight is 585 g/mol. The van der Waals surface area contributed by atoms with Crippen molar-refractivity contribution in [2.75, 3.05) is 0 Å². The molecule has 0 bridgehead atoms. The predicted molar refractivity (Wildman–Crippen MR) is 146 cm³/mol. The molecule has 0 aliphatic heterocycles. The number of benzene rings is 1. The molecule has 3 rings (SSSR count). The third-order valence-electron chi connectivity index (χ3n) is 6.38. The van der Waals surface area contributed by atoms with Crippen LogP contribution in [0.25, 0.3) is 10.9 Å².